The molecule has 3 rings (SSSR count). The summed E-state index contributed by atoms with van der Waals surface area (Å²) in [6.45, 7) is 3.27. The lowest BCUT2D eigenvalue weighted by Crippen LogP contribution is -2.55. The number of ether oxygens (including phenoxy) is 1. The minimum absolute atomic E-state index is 0.137. The van der Waals surface area contributed by atoms with Crippen molar-refractivity contribution in [3.05, 3.63) is 0 Å². The zero-order valence-corrected chi connectivity index (χ0v) is 12.2. The third-order valence-electron chi connectivity index (χ3n) is 5.17. The van der Waals surface area contributed by atoms with Crippen LogP contribution in [0.5, 0.6) is 0 Å². The maximum atomic E-state index is 9.90. The second-order valence-electron chi connectivity index (χ2n) is 7.21. The summed E-state index contributed by atoms with van der Waals surface area (Å²) in [6.07, 6.45) is 10.6. The van der Waals surface area contributed by atoms with Crippen molar-refractivity contribution in [2.45, 2.75) is 76.0 Å². The van der Waals surface area contributed by atoms with Crippen molar-refractivity contribution in [1.29, 1.82) is 0 Å². The molecule has 3 atom stereocenters. The highest BCUT2D eigenvalue weighted by Crippen LogP contribution is 2.42. The number of nitrogens with one attached hydrogen (secondary N) is 1. The van der Waals surface area contributed by atoms with Crippen LogP contribution in [0, 0.1) is 11.8 Å². The molecule has 0 heterocycles. The van der Waals surface area contributed by atoms with Crippen LogP contribution < -0.4 is 5.32 Å². The first kappa shape index (κ1) is 13.8. The van der Waals surface area contributed by atoms with Crippen LogP contribution >= 0.6 is 0 Å². The van der Waals surface area contributed by atoms with Crippen LogP contribution in [0.3, 0.4) is 0 Å². The lowest BCUT2D eigenvalue weighted by molar-refractivity contribution is -0.0391. The highest BCUT2D eigenvalue weighted by atomic mass is 16.5. The number of hydrogen-bond acceptors (Lipinski definition) is 3. The number of aliphatic hydroxyl groups excluding tert-OH is 1. The van der Waals surface area contributed by atoms with E-state index in [4.69, 9.17) is 4.74 Å². The van der Waals surface area contributed by atoms with Crippen molar-refractivity contribution in [2.75, 3.05) is 13.2 Å². The first-order valence-electron chi connectivity index (χ1n) is 8.22. The summed E-state index contributed by atoms with van der Waals surface area (Å²) >= 11 is 0. The van der Waals surface area contributed by atoms with Gasteiger partial charge >= 0.3 is 0 Å². The molecule has 3 nitrogen and oxygen atoms in total. The van der Waals surface area contributed by atoms with E-state index in [1.54, 1.807) is 0 Å². The minimum atomic E-state index is -0.137. The van der Waals surface area contributed by atoms with Crippen LogP contribution in [0.1, 0.15) is 58.3 Å². The molecule has 3 heteroatoms. The smallest absolute Gasteiger partial charge is 0.0681 e. The summed E-state index contributed by atoms with van der Waals surface area (Å²) in [5.74, 6) is 1.44. The first-order valence-corrected chi connectivity index (χ1v) is 8.22. The quantitative estimate of drug-likeness (QED) is 0.744. The zero-order valence-electron chi connectivity index (χ0n) is 12.2. The van der Waals surface area contributed by atoms with E-state index in [0.717, 1.165) is 5.92 Å². The van der Waals surface area contributed by atoms with E-state index < -0.39 is 0 Å². The second kappa shape index (κ2) is 5.71. The Hall–Kier alpha value is -0.120. The molecular formula is C16H29NO2. The van der Waals surface area contributed by atoms with E-state index in [1.165, 1.54) is 51.4 Å². The van der Waals surface area contributed by atoms with Gasteiger partial charge in [0.2, 0.25) is 0 Å². The molecule has 0 saturated heterocycles. The summed E-state index contributed by atoms with van der Waals surface area (Å²) in [4.78, 5) is 0. The van der Waals surface area contributed by atoms with Gasteiger partial charge in [-0.2, -0.15) is 0 Å². The van der Waals surface area contributed by atoms with Crippen LogP contribution in [0.15, 0.2) is 0 Å². The number of aliphatic hydroxyl groups is 1. The number of rotatable bonds is 7. The Kier molecular flexibility index (Phi) is 4.16. The summed E-state index contributed by atoms with van der Waals surface area (Å²) in [5, 5.41) is 13.6. The molecule has 0 radical (unpaired) electrons. The van der Waals surface area contributed by atoms with Crippen molar-refractivity contribution >= 4 is 0 Å². The molecule has 0 aliphatic heterocycles. The van der Waals surface area contributed by atoms with Crippen molar-refractivity contribution in [3.63, 3.8) is 0 Å². The highest BCUT2D eigenvalue weighted by molar-refractivity contribution is 5.04. The second-order valence-corrected chi connectivity index (χ2v) is 7.21. The summed E-state index contributed by atoms with van der Waals surface area (Å²) in [7, 11) is 0. The molecule has 0 amide bonds. The van der Waals surface area contributed by atoms with Crippen LogP contribution in [0.2, 0.25) is 0 Å². The molecule has 0 bridgehead atoms. The van der Waals surface area contributed by atoms with Gasteiger partial charge in [-0.05, 0) is 50.4 Å². The zero-order chi connectivity index (χ0) is 13.3. The van der Waals surface area contributed by atoms with Gasteiger partial charge in [-0.3, -0.25) is 0 Å². The third kappa shape index (κ3) is 3.50. The van der Waals surface area contributed by atoms with Gasteiger partial charge in [-0.25, -0.2) is 0 Å². The Bertz CT molecular complexity index is 301. The molecule has 19 heavy (non-hydrogen) atoms. The number of hydrogen-bond donors (Lipinski definition) is 2. The fourth-order valence-electron chi connectivity index (χ4n) is 3.56. The Labute approximate surface area is 117 Å². The molecule has 3 aliphatic carbocycles. The van der Waals surface area contributed by atoms with Gasteiger partial charge in [-0.1, -0.05) is 19.8 Å². The van der Waals surface area contributed by atoms with E-state index in [1.807, 2.05) is 0 Å². The molecule has 0 spiro atoms. The predicted molar refractivity (Wildman–Crippen MR) is 76.1 cm³/mol. The maximum Gasteiger partial charge on any atom is 0.0681 e. The third-order valence-corrected chi connectivity index (χ3v) is 5.17. The highest BCUT2D eigenvalue weighted by Gasteiger charge is 2.47. The van der Waals surface area contributed by atoms with E-state index >= 15 is 0 Å². The van der Waals surface area contributed by atoms with E-state index in [0.29, 0.717) is 24.7 Å². The SMILES string of the molecule is CC1CCCC(OCC(CO)(NC2CC2)C2CC2)C1. The lowest BCUT2D eigenvalue weighted by atomic mass is 9.88. The van der Waals surface area contributed by atoms with Gasteiger partial charge in [0.25, 0.3) is 0 Å². The molecule has 110 valence electrons. The van der Waals surface area contributed by atoms with E-state index in [9.17, 15) is 5.11 Å². The van der Waals surface area contributed by atoms with Gasteiger partial charge in [-0.15, -0.1) is 0 Å². The van der Waals surface area contributed by atoms with Crippen LogP contribution in [0.4, 0.5) is 0 Å². The van der Waals surface area contributed by atoms with Crippen molar-refractivity contribution in [2.24, 2.45) is 11.8 Å². The Morgan fingerprint density at radius 1 is 1.16 bits per heavy atom. The molecule has 3 saturated carbocycles. The molecule has 0 aromatic carbocycles. The summed E-state index contributed by atoms with van der Waals surface area (Å²) < 4.78 is 6.22. The van der Waals surface area contributed by atoms with Gasteiger partial charge in [0, 0.05) is 6.04 Å². The molecule has 3 fully saturated rings. The minimum Gasteiger partial charge on any atom is -0.394 e. The van der Waals surface area contributed by atoms with E-state index in [2.05, 4.69) is 12.2 Å². The molecule has 0 aromatic heterocycles. The van der Waals surface area contributed by atoms with Gasteiger partial charge in [0.1, 0.15) is 0 Å². The predicted octanol–water partition coefficient (Wildman–Crippen LogP) is 2.47. The van der Waals surface area contributed by atoms with Gasteiger partial charge < -0.3 is 15.2 Å². The lowest BCUT2D eigenvalue weighted by Gasteiger charge is -2.36. The van der Waals surface area contributed by atoms with Crippen LogP contribution in [-0.4, -0.2) is 36.0 Å². The average molecular weight is 267 g/mol. The van der Waals surface area contributed by atoms with Crippen molar-refractivity contribution in [3.8, 4) is 0 Å². The molecule has 2 N–H and O–H groups in total. The van der Waals surface area contributed by atoms with Crippen LogP contribution in [0.25, 0.3) is 0 Å². The van der Waals surface area contributed by atoms with Gasteiger partial charge in [0.05, 0.1) is 24.9 Å². The largest absolute Gasteiger partial charge is 0.394 e. The van der Waals surface area contributed by atoms with Crippen molar-refractivity contribution in [1.82, 2.24) is 5.32 Å². The molecule has 0 aromatic rings. The maximum absolute atomic E-state index is 9.90. The molecule has 3 unspecified atom stereocenters. The summed E-state index contributed by atoms with van der Waals surface area (Å²) in [5.41, 5.74) is -0.137. The van der Waals surface area contributed by atoms with E-state index in [-0.39, 0.29) is 12.1 Å². The Morgan fingerprint density at radius 2 is 1.95 bits per heavy atom. The molecule has 3 aliphatic rings. The normalized spacial score (nSPS) is 35.1. The topological polar surface area (TPSA) is 41.5 Å². The Morgan fingerprint density at radius 3 is 2.53 bits per heavy atom. The van der Waals surface area contributed by atoms with Crippen molar-refractivity contribution < 1.29 is 9.84 Å². The first-order chi connectivity index (χ1) is 9.22. The fourth-order valence-corrected chi connectivity index (χ4v) is 3.56. The summed E-state index contributed by atoms with van der Waals surface area (Å²) in [6, 6.07) is 0.640. The average Bonchev–Trinajstić information content (AvgIpc) is 3.27. The Balaban J connectivity index is 1.54. The fraction of sp³-hybridized carbons (Fsp3) is 1.00. The van der Waals surface area contributed by atoms with Gasteiger partial charge in [0.15, 0.2) is 0 Å². The monoisotopic (exact) mass is 267 g/mol. The molecular weight excluding hydrogens is 238 g/mol. The standard InChI is InChI=1S/C16H29NO2/c1-12-3-2-4-15(9-12)19-11-16(10-18,13-5-6-13)17-14-7-8-14/h12-15,17-18H,2-11H2,1H3. The van der Waals surface area contributed by atoms with Crippen LogP contribution in [-0.2, 0) is 4.74 Å².